The molecule has 1 unspecified atom stereocenters. The van der Waals surface area contributed by atoms with Gasteiger partial charge in [0.15, 0.2) is 0 Å². The molecule has 2 N–H and O–H groups in total. The highest BCUT2D eigenvalue weighted by atomic mass is 16.5. The zero-order chi connectivity index (χ0) is 15.7. The lowest BCUT2D eigenvalue weighted by molar-refractivity contribution is 0.331. The highest BCUT2D eigenvalue weighted by molar-refractivity contribution is 5.59. The summed E-state index contributed by atoms with van der Waals surface area (Å²) in [5.74, 6) is 0.846. The Balaban J connectivity index is 1.96. The predicted octanol–water partition coefficient (Wildman–Crippen LogP) is 3.79. The standard InChI is InChI=1S/C19H22N2O/c1-13-10-15(17(20)12-19(13)22-3)11-18-16-7-5-4-6-14(16)8-9-21(18)2/h4-10,12,18H,11,20H2,1-3H3. The first kappa shape index (κ1) is 14.5. The topological polar surface area (TPSA) is 38.5 Å². The van der Waals surface area contributed by atoms with Crippen LogP contribution in [-0.4, -0.2) is 19.1 Å². The van der Waals surface area contributed by atoms with Crippen molar-refractivity contribution in [3.63, 3.8) is 0 Å². The zero-order valence-electron chi connectivity index (χ0n) is 13.3. The number of ether oxygens (including phenoxy) is 1. The van der Waals surface area contributed by atoms with E-state index in [4.69, 9.17) is 10.5 Å². The number of nitrogens with two attached hydrogens (primary N) is 1. The van der Waals surface area contributed by atoms with Gasteiger partial charge in [-0.1, -0.05) is 30.3 Å². The Bertz CT molecular complexity index is 721. The van der Waals surface area contributed by atoms with Crippen molar-refractivity contribution in [2.75, 3.05) is 19.9 Å². The van der Waals surface area contributed by atoms with Gasteiger partial charge in [0.2, 0.25) is 0 Å². The van der Waals surface area contributed by atoms with Gasteiger partial charge < -0.3 is 15.4 Å². The first-order valence-corrected chi connectivity index (χ1v) is 7.52. The van der Waals surface area contributed by atoms with Gasteiger partial charge in [0, 0.05) is 18.8 Å². The van der Waals surface area contributed by atoms with Crippen molar-refractivity contribution in [2.24, 2.45) is 0 Å². The van der Waals surface area contributed by atoms with E-state index in [1.807, 2.05) is 6.07 Å². The molecule has 1 aliphatic rings. The molecule has 3 heteroatoms. The summed E-state index contributed by atoms with van der Waals surface area (Å²) in [5, 5.41) is 0. The summed E-state index contributed by atoms with van der Waals surface area (Å²) < 4.78 is 5.35. The van der Waals surface area contributed by atoms with Crippen molar-refractivity contribution in [2.45, 2.75) is 19.4 Å². The van der Waals surface area contributed by atoms with Crippen LogP contribution in [0, 0.1) is 6.92 Å². The van der Waals surface area contributed by atoms with Gasteiger partial charge in [-0.3, -0.25) is 0 Å². The van der Waals surface area contributed by atoms with E-state index >= 15 is 0 Å². The number of aryl methyl sites for hydroxylation is 1. The molecule has 0 saturated carbocycles. The van der Waals surface area contributed by atoms with Gasteiger partial charge in [0.25, 0.3) is 0 Å². The smallest absolute Gasteiger partial charge is 0.123 e. The van der Waals surface area contributed by atoms with E-state index in [-0.39, 0.29) is 0 Å². The molecule has 0 aliphatic carbocycles. The summed E-state index contributed by atoms with van der Waals surface area (Å²) in [4.78, 5) is 2.25. The van der Waals surface area contributed by atoms with Gasteiger partial charge >= 0.3 is 0 Å². The first-order chi connectivity index (χ1) is 10.6. The molecule has 0 fully saturated rings. The Hall–Kier alpha value is -2.42. The molecule has 1 aliphatic heterocycles. The number of nitrogen functional groups attached to an aromatic ring is 1. The Morgan fingerprint density at radius 2 is 2.00 bits per heavy atom. The Morgan fingerprint density at radius 1 is 1.23 bits per heavy atom. The third-order valence-electron chi connectivity index (χ3n) is 4.41. The molecule has 3 rings (SSSR count). The molecule has 2 aromatic rings. The van der Waals surface area contributed by atoms with Gasteiger partial charge in [0.1, 0.15) is 5.75 Å². The molecule has 0 spiro atoms. The summed E-state index contributed by atoms with van der Waals surface area (Å²) in [6.07, 6.45) is 5.18. The minimum absolute atomic E-state index is 0.302. The number of nitrogens with zero attached hydrogens (tertiary/aromatic N) is 1. The minimum atomic E-state index is 0.302. The fourth-order valence-corrected chi connectivity index (χ4v) is 3.11. The number of fused-ring (bicyclic) bond motifs is 1. The second-order valence-corrected chi connectivity index (χ2v) is 5.85. The number of hydrogen-bond acceptors (Lipinski definition) is 3. The number of hydrogen-bond donors (Lipinski definition) is 1. The van der Waals surface area contributed by atoms with E-state index < -0.39 is 0 Å². The third kappa shape index (κ3) is 2.54. The van der Waals surface area contributed by atoms with Crippen LogP contribution in [0.2, 0.25) is 0 Å². The van der Waals surface area contributed by atoms with Crippen LogP contribution in [0.4, 0.5) is 5.69 Å². The lowest BCUT2D eigenvalue weighted by Crippen LogP contribution is -2.24. The van der Waals surface area contributed by atoms with Crippen LogP contribution >= 0.6 is 0 Å². The van der Waals surface area contributed by atoms with E-state index in [0.29, 0.717) is 6.04 Å². The van der Waals surface area contributed by atoms with E-state index in [9.17, 15) is 0 Å². The van der Waals surface area contributed by atoms with Crippen molar-refractivity contribution in [1.29, 1.82) is 0 Å². The normalized spacial score (nSPS) is 16.5. The molecule has 0 radical (unpaired) electrons. The molecule has 114 valence electrons. The van der Waals surface area contributed by atoms with E-state index in [0.717, 1.165) is 23.4 Å². The van der Waals surface area contributed by atoms with Crippen LogP contribution in [0.3, 0.4) is 0 Å². The van der Waals surface area contributed by atoms with Gasteiger partial charge in [-0.2, -0.15) is 0 Å². The summed E-state index contributed by atoms with van der Waals surface area (Å²) in [5.41, 5.74) is 11.9. The first-order valence-electron chi connectivity index (χ1n) is 7.52. The number of methoxy groups -OCH3 is 1. The van der Waals surface area contributed by atoms with E-state index in [1.54, 1.807) is 7.11 Å². The highest BCUT2D eigenvalue weighted by Gasteiger charge is 2.22. The fourth-order valence-electron chi connectivity index (χ4n) is 3.11. The van der Waals surface area contributed by atoms with Crippen LogP contribution in [0.1, 0.15) is 28.3 Å². The maximum atomic E-state index is 6.23. The molecule has 0 bridgehead atoms. The molecule has 1 heterocycles. The Kier molecular flexibility index (Phi) is 3.80. The second-order valence-electron chi connectivity index (χ2n) is 5.85. The molecule has 3 nitrogen and oxygen atoms in total. The van der Waals surface area contributed by atoms with E-state index in [2.05, 4.69) is 61.5 Å². The van der Waals surface area contributed by atoms with Crippen LogP contribution in [0.15, 0.2) is 42.6 Å². The molecule has 0 amide bonds. The molecular formula is C19H22N2O. The zero-order valence-corrected chi connectivity index (χ0v) is 13.3. The van der Waals surface area contributed by atoms with Gasteiger partial charge in [-0.25, -0.2) is 0 Å². The van der Waals surface area contributed by atoms with Gasteiger partial charge in [-0.15, -0.1) is 0 Å². The fraction of sp³-hybridized carbons (Fsp3) is 0.263. The highest BCUT2D eigenvalue weighted by Crippen LogP contribution is 2.34. The number of anilines is 1. The quantitative estimate of drug-likeness (QED) is 0.875. The molecule has 1 atom stereocenters. The van der Waals surface area contributed by atoms with Gasteiger partial charge in [-0.05, 0) is 47.9 Å². The maximum absolute atomic E-state index is 6.23. The van der Waals surface area contributed by atoms with Crippen LogP contribution in [-0.2, 0) is 6.42 Å². The Morgan fingerprint density at radius 3 is 2.77 bits per heavy atom. The van der Waals surface area contributed by atoms with Crippen LogP contribution < -0.4 is 10.5 Å². The molecular weight excluding hydrogens is 272 g/mol. The molecule has 22 heavy (non-hydrogen) atoms. The third-order valence-corrected chi connectivity index (χ3v) is 4.41. The SMILES string of the molecule is COc1cc(N)c(CC2c3ccccc3C=CN2C)cc1C. The van der Waals surface area contributed by atoms with Crippen molar-refractivity contribution in [1.82, 2.24) is 4.90 Å². The number of rotatable bonds is 3. The minimum Gasteiger partial charge on any atom is -0.496 e. The second kappa shape index (κ2) is 5.76. The lowest BCUT2D eigenvalue weighted by Gasteiger charge is -2.32. The maximum Gasteiger partial charge on any atom is 0.123 e. The number of likely N-dealkylation sites (N-methyl/N-ethyl adjacent to an activating group) is 1. The summed E-state index contributed by atoms with van der Waals surface area (Å²) in [6, 6.07) is 12.9. The van der Waals surface area contributed by atoms with Crippen LogP contribution in [0.25, 0.3) is 6.08 Å². The van der Waals surface area contributed by atoms with E-state index in [1.165, 1.54) is 16.7 Å². The van der Waals surface area contributed by atoms with Crippen molar-refractivity contribution >= 4 is 11.8 Å². The Labute approximate surface area is 132 Å². The molecule has 0 aromatic heterocycles. The van der Waals surface area contributed by atoms with Crippen molar-refractivity contribution in [3.05, 3.63) is 64.9 Å². The predicted molar refractivity (Wildman–Crippen MR) is 91.8 cm³/mol. The summed E-state index contributed by atoms with van der Waals surface area (Å²) in [6.45, 7) is 2.06. The van der Waals surface area contributed by atoms with Crippen molar-refractivity contribution in [3.8, 4) is 5.75 Å². The van der Waals surface area contributed by atoms with Crippen molar-refractivity contribution < 1.29 is 4.74 Å². The summed E-state index contributed by atoms with van der Waals surface area (Å²) >= 11 is 0. The summed E-state index contributed by atoms with van der Waals surface area (Å²) in [7, 11) is 3.79. The molecule has 2 aromatic carbocycles. The van der Waals surface area contributed by atoms with Gasteiger partial charge in [0.05, 0.1) is 13.2 Å². The average Bonchev–Trinajstić information content (AvgIpc) is 2.53. The lowest BCUT2D eigenvalue weighted by atomic mass is 9.90. The average molecular weight is 294 g/mol. The largest absolute Gasteiger partial charge is 0.496 e. The number of benzene rings is 2. The monoisotopic (exact) mass is 294 g/mol. The molecule has 0 saturated heterocycles. The van der Waals surface area contributed by atoms with Crippen LogP contribution in [0.5, 0.6) is 5.75 Å².